The Kier molecular flexibility index (Phi) is 4.26. The number of hydrogen-bond acceptors (Lipinski definition) is 6. The molecule has 8 heteroatoms. The zero-order valence-electron chi connectivity index (χ0n) is 13.8. The summed E-state index contributed by atoms with van der Waals surface area (Å²) < 4.78 is 0. The topological polar surface area (TPSA) is 86.6 Å². The molecule has 7 nitrogen and oxygen atoms in total. The number of nitrogens with zero attached hydrogens (tertiary/aromatic N) is 4. The number of aromatic carboxylic acids is 1. The molecule has 3 aromatic rings. The van der Waals surface area contributed by atoms with Crippen molar-refractivity contribution in [3.05, 3.63) is 53.2 Å². The summed E-state index contributed by atoms with van der Waals surface area (Å²) in [5.41, 5.74) is 0.681. The van der Waals surface area contributed by atoms with Gasteiger partial charge in [-0.3, -0.25) is 4.79 Å². The van der Waals surface area contributed by atoms with Crippen LogP contribution in [0.2, 0.25) is 0 Å². The molecular weight excluding hydrogens is 352 g/mol. The molecule has 0 aliphatic carbocycles. The quantitative estimate of drug-likeness (QED) is 0.764. The molecule has 1 saturated heterocycles. The predicted octanol–water partition coefficient (Wildman–Crippen LogP) is 2.35. The number of aromatic nitrogens is 2. The van der Waals surface area contributed by atoms with Crippen molar-refractivity contribution in [2.75, 3.05) is 31.1 Å². The van der Waals surface area contributed by atoms with E-state index >= 15 is 0 Å². The van der Waals surface area contributed by atoms with Gasteiger partial charge in [-0.1, -0.05) is 0 Å². The smallest absolute Gasteiger partial charge is 0.335 e. The van der Waals surface area contributed by atoms with Gasteiger partial charge in [-0.2, -0.15) is 0 Å². The van der Waals surface area contributed by atoms with Gasteiger partial charge in [0.1, 0.15) is 17.0 Å². The fourth-order valence-corrected chi connectivity index (χ4v) is 3.82. The third-order valence-electron chi connectivity index (χ3n) is 4.49. The lowest BCUT2D eigenvalue weighted by Crippen LogP contribution is -2.49. The van der Waals surface area contributed by atoms with Crippen molar-refractivity contribution in [1.82, 2.24) is 14.9 Å². The maximum Gasteiger partial charge on any atom is 0.335 e. The molecule has 132 valence electrons. The van der Waals surface area contributed by atoms with Crippen molar-refractivity contribution < 1.29 is 14.7 Å². The van der Waals surface area contributed by atoms with E-state index in [1.165, 1.54) is 12.1 Å². The van der Waals surface area contributed by atoms with Crippen LogP contribution in [0.25, 0.3) is 10.2 Å². The van der Waals surface area contributed by atoms with Crippen molar-refractivity contribution in [1.29, 1.82) is 0 Å². The minimum atomic E-state index is -0.998. The number of piperazine rings is 1. The summed E-state index contributed by atoms with van der Waals surface area (Å²) in [7, 11) is 0. The Morgan fingerprint density at radius 1 is 0.962 bits per heavy atom. The fraction of sp³-hybridized carbons (Fsp3) is 0.222. The average Bonchev–Trinajstić information content (AvgIpc) is 3.16. The number of thiophene rings is 1. The van der Waals surface area contributed by atoms with E-state index in [1.807, 2.05) is 11.4 Å². The molecule has 3 heterocycles. The van der Waals surface area contributed by atoms with E-state index in [-0.39, 0.29) is 11.5 Å². The molecule has 0 unspecified atom stereocenters. The van der Waals surface area contributed by atoms with Gasteiger partial charge in [0, 0.05) is 31.7 Å². The van der Waals surface area contributed by atoms with Crippen molar-refractivity contribution in [3.8, 4) is 0 Å². The molecule has 2 aromatic heterocycles. The highest BCUT2D eigenvalue weighted by atomic mass is 32.1. The second-order valence-corrected chi connectivity index (χ2v) is 6.89. The zero-order chi connectivity index (χ0) is 18.1. The van der Waals surface area contributed by atoms with Crippen LogP contribution < -0.4 is 4.90 Å². The van der Waals surface area contributed by atoms with Gasteiger partial charge < -0.3 is 14.9 Å². The normalized spacial score (nSPS) is 14.6. The number of fused-ring (bicyclic) bond motifs is 1. The Balaban J connectivity index is 1.45. The van der Waals surface area contributed by atoms with Gasteiger partial charge in [0.05, 0.1) is 10.9 Å². The summed E-state index contributed by atoms with van der Waals surface area (Å²) in [5, 5.41) is 12.0. The fourth-order valence-electron chi connectivity index (χ4n) is 3.09. The van der Waals surface area contributed by atoms with Gasteiger partial charge >= 0.3 is 5.97 Å². The number of carboxylic acid groups (broad SMARTS) is 1. The summed E-state index contributed by atoms with van der Waals surface area (Å²) in [6.45, 7) is 2.58. The zero-order valence-corrected chi connectivity index (χ0v) is 14.6. The average molecular weight is 368 g/mol. The first kappa shape index (κ1) is 16.5. The van der Waals surface area contributed by atoms with Gasteiger partial charge in [-0.25, -0.2) is 14.8 Å². The number of anilines is 1. The van der Waals surface area contributed by atoms with Crippen molar-refractivity contribution in [2.45, 2.75) is 0 Å². The van der Waals surface area contributed by atoms with Crippen LogP contribution in [-0.4, -0.2) is 58.0 Å². The van der Waals surface area contributed by atoms with E-state index in [9.17, 15) is 9.59 Å². The molecule has 1 aliphatic rings. The molecule has 0 spiro atoms. The number of carbonyl (C=O) groups is 2. The maximum absolute atomic E-state index is 12.6. The van der Waals surface area contributed by atoms with Crippen molar-refractivity contribution >= 4 is 39.2 Å². The number of hydrogen-bond donors (Lipinski definition) is 1. The van der Waals surface area contributed by atoms with E-state index in [2.05, 4.69) is 14.9 Å². The minimum Gasteiger partial charge on any atom is -0.478 e. The molecule has 0 radical (unpaired) electrons. The van der Waals surface area contributed by atoms with Crippen LogP contribution in [0, 0.1) is 0 Å². The molecule has 4 rings (SSSR count). The van der Waals surface area contributed by atoms with Crippen LogP contribution in [0.1, 0.15) is 20.7 Å². The Labute approximate surface area is 153 Å². The SMILES string of the molecule is O=C(O)c1ccc(C(=O)N2CCN(c3ncnc4sccc34)CC2)cc1. The van der Waals surface area contributed by atoms with E-state index < -0.39 is 5.97 Å². The van der Waals surface area contributed by atoms with Gasteiger partial charge in [0.2, 0.25) is 0 Å². The first-order chi connectivity index (χ1) is 12.6. The van der Waals surface area contributed by atoms with E-state index in [0.29, 0.717) is 31.7 Å². The van der Waals surface area contributed by atoms with Crippen LogP contribution in [0.15, 0.2) is 42.0 Å². The standard InChI is InChI=1S/C18H16N4O3S/c23-17(12-1-3-13(4-2-12)18(24)25)22-8-6-21(7-9-22)15-14-5-10-26-16(14)20-11-19-15/h1-5,10-11H,6-9H2,(H,24,25). The van der Waals surface area contributed by atoms with Crippen LogP contribution in [0.3, 0.4) is 0 Å². The van der Waals surface area contributed by atoms with E-state index in [4.69, 9.17) is 5.11 Å². The first-order valence-corrected chi connectivity index (χ1v) is 9.07. The second-order valence-electron chi connectivity index (χ2n) is 6.00. The van der Waals surface area contributed by atoms with Crippen LogP contribution in [-0.2, 0) is 0 Å². The van der Waals surface area contributed by atoms with Crippen LogP contribution in [0.5, 0.6) is 0 Å². The van der Waals surface area contributed by atoms with Gasteiger partial charge in [0.25, 0.3) is 5.91 Å². The Morgan fingerprint density at radius 3 is 2.35 bits per heavy atom. The Morgan fingerprint density at radius 2 is 1.65 bits per heavy atom. The van der Waals surface area contributed by atoms with Gasteiger partial charge in [-0.15, -0.1) is 11.3 Å². The lowest BCUT2D eigenvalue weighted by atomic mass is 10.1. The highest BCUT2D eigenvalue weighted by Crippen LogP contribution is 2.27. The summed E-state index contributed by atoms with van der Waals surface area (Å²) in [5.74, 6) is -0.165. The second kappa shape index (κ2) is 6.72. The summed E-state index contributed by atoms with van der Waals surface area (Å²) in [6, 6.07) is 8.08. The largest absolute Gasteiger partial charge is 0.478 e. The maximum atomic E-state index is 12.6. The predicted molar refractivity (Wildman–Crippen MR) is 98.9 cm³/mol. The molecular formula is C18H16N4O3S. The number of rotatable bonds is 3. The number of benzene rings is 1. The minimum absolute atomic E-state index is 0.0787. The summed E-state index contributed by atoms with van der Waals surface area (Å²) in [6.07, 6.45) is 1.58. The molecule has 1 amide bonds. The molecule has 0 atom stereocenters. The molecule has 1 fully saturated rings. The lowest BCUT2D eigenvalue weighted by Gasteiger charge is -2.35. The summed E-state index contributed by atoms with van der Waals surface area (Å²) >= 11 is 1.59. The highest BCUT2D eigenvalue weighted by Gasteiger charge is 2.24. The van der Waals surface area contributed by atoms with Crippen molar-refractivity contribution in [3.63, 3.8) is 0 Å². The van der Waals surface area contributed by atoms with Gasteiger partial charge in [0.15, 0.2) is 0 Å². The van der Waals surface area contributed by atoms with Crippen LogP contribution >= 0.6 is 11.3 Å². The molecule has 1 N–H and O–H groups in total. The summed E-state index contributed by atoms with van der Waals surface area (Å²) in [4.78, 5) is 37.2. The lowest BCUT2D eigenvalue weighted by molar-refractivity contribution is 0.0693. The molecule has 0 saturated carbocycles. The van der Waals surface area contributed by atoms with E-state index in [0.717, 1.165) is 16.0 Å². The number of amides is 1. The molecule has 26 heavy (non-hydrogen) atoms. The monoisotopic (exact) mass is 368 g/mol. The number of carboxylic acids is 1. The highest BCUT2D eigenvalue weighted by molar-refractivity contribution is 7.16. The van der Waals surface area contributed by atoms with Crippen LogP contribution in [0.4, 0.5) is 5.82 Å². The third kappa shape index (κ3) is 2.99. The Hall–Kier alpha value is -3.00. The first-order valence-electron chi connectivity index (χ1n) is 8.19. The van der Waals surface area contributed by atoms with Gasteiger partial charge in [-0.05, 0) is 35.7 Å². The number of carbonyl (C=O) groups excluding carboxylic acids is 1. The third-order valence-corrected chi connectivity index (χ3v) is 5.31. The van der Waals surface area contributed by atoms with Crippen molar-refractivity contribution in [2.24, 2.45) is 0 Å². The van der Waals surface area contributed by atoms with E-state index in [1.54, 1.807) is 34.7 Å². The molecule has 1 aliphatic heterocycles. The molecule has 1 aromatic carbocycles. The molecule has 0 bridgehead atoms. The Bertz CT molecular complexity index is 962.